The molecule has 1 N–H and O–H groups in total. The number of hydrogen-bond acceptors (Lipinski definition) is 5. The van der Waals surface area contributed by atoms with Crippen molar-refractivity contribution in [2.24, 2.45) is 0 Å². The predicted octanol–water partition coefficient (Wildman–Crippen LogP) is 2.98. The second-order valence-corrected chi connectivity index (χ2v) is 6.81. The van der Waals surface area contributed by atoms with Crippen LogP contribution in [0.4, 0.5) is 11.4 Å². The highest BCUT2D eigenvalue weighted by Gasteiger charge is 2.30. The summed E-state index contributed by atoms with van der Waals surface area (Å²) < 4.78 is 5.19. The normalized spacial score (nSPS) is 16.6. The van der Waals surface area contributed by atoms with E-state index in [1.807, 2.05) is 13.0 Å². The van der Waals surface area contributed by atoms with Gasteiger partial charge in [-0.05, 0) is 43.0 Å². The molecule has 130 valence electrons. The van der Waals surface area contributed by atoms with Crippen molar-refractivity contribution in [1.29, 1.82) is 0 Å². The van der Waals surface area contributed by atoms with Gasteiger partial charge >= 0.3 is 5.97 Å². The molecule has 0 aliphatic carbocycles. The lowest BCUT2D eigenvalue weighted by Gasteiger charge is -2.27. The fourth-order valence-corrected chi connectivity index (χ4v) is 3.63. The van der Waals surface area contributed by atoms with E-state index in [9.17, 15) is 14.4 Å². The van der Waals surface area contributed by atoms with E-state index in [4.69, 9.17) is 4.74 Å². The van der Waals surface area contributed by atoms with Crippen LogP contribution in [0, 0.1) is 6.92 Å². The van der Waals surface area contributed by atoms with Gasteiger partial charge in [-0.25, -0.2) is 4.79 Å². The van der Waals surface area contributed by atoms with E-state index in [2.05, 4.69) is 5.32 Å². The number of benzene rings is 1. The van der Waals surface area contributed by atoms with Crippen LogP contribution in [-0.2, 0) is 14.3 Å². The maximum Gasteiger partial charge on any atom is 0.349 e. The van der Waals surface area contributed by atoms with Crippen LogP contribution in [0.1, 0.15) is 28.6 Å². The van der Waals surface area contributed by atoms with Crippen LogP contribution in [-0.4, -0.2) is 30.4 Å². The third-order valence-electron chi connectivity index (χ3n) is 4.00. The average Bonchev–Trinajstić information content (AvgIpc) is 2.94. The molecule has 25 heavy (non-hydrogen) atoms. The second kappa shape index (κ2) is 7.06. The van der Waals surface area contributed by atoms with Gasteiger partial charge in [0.05, 0.1) is 11.4 Å². The maximum absolute atomic E-state index is 12.7. The molecule has 0 unspecified atom stereocenters. The maximum atomic E-state index is 12.7. The second-order valence-electron chi connectivity index (χ2n) is 5.89. The highest BCUT2D eigenvalue weighted by atomic mass is 32.1. The molecule has 3 rings (SSSR count). The van der Waals surface area contributed by atoms with Gasteiger partial charge in [0.25, 0.3) is 5.91 Å². The molecule has 2 heterocycles. The van der Waals surface area contributed by atoms with Gasteiger partial charge in [0.1, 0.15) is 4.88 Å². The van der Waals surface area contributed by atoms with Gasteiger partial charge in [0.15, 0.2) is 6.61 Å². The number of nitrogens with zero attached hydrogens (tertiary/aromatic N) is 1. The number of para-hydroxylation sites is 2. The number of anilines is 2. The number of amides is 2. The van der Waals surface area contributed by atoms with Gasteiger partial charge in [0.2, 0.25) is 5.91 Å². The number of fused-ring (bicyclic) bond motifs is 1. The van der Waals surface area contributed by atoms with Crippen molar-refractivity contribution < 1.29 is 19.1 Å². The first-order valence-corrected chi connectivity index (χ1v) is 8.77. The number of hydrogen-bond donors (Lipinski definition) is 1. The van der Waals surface area contributed by atoms with Crippen molar-refractivity contribution in [3.05, 3.63) is 46.2 Å². The molecule has 6 nitrogen and oxygen atoms in total. The highest BCUT2D eigenvalue weighted by Crippen LogP contribution is 2.31. The summed E-state index contributed by atoms with van der Waals surface area (Å²) in [5.74, 6) is -1.02. The molecule has 0 saturated carbocycles. The van der Waals surface area contributed by atoms with Crippen LogP contribution < -0.4 is 10.2 Å². The highest BCUT2D eigenvalue weighted by molar-refractivity contribution is 7.12. The van der Waals surface area contributed by atoms with Crippen LogP contribution in [0.15, 0.2) is 35.7 Å². The summed E-state index contributed by atoms with van der Waals surface area (Å²) in [7, 11) is 0. The Balaban J connectivity index is 1.77. The quantitative estimate of drug-likeness (QED) is 0.856. The Labute approximate surface area is 149 Å². The molecule has 7 heteroatoms. The number of esters is 1. The Bertz CT molecular complexity index is 830. The van der Waals surface area contributed by atoms with E-state index < -0.39 is 5.97 Å². The summed E-state index contributed by atoms with van der Waals surface area (Å²) in [5, 5.41) is 4.60. The molecular formula is C18H18N2O4S. The van der Waals surface area contributed by atoms with Crippen LogP contribution in [0.5, 0.6) is 0 Å². The Morgan fingerprint density at radius 3 is 2.80 bits per heavy atom. The average molecular weight is 358 g/mol. The van der Waals surface area contributed by atoms with Gasteiger partial charge < -0.3 is 15.0 Å². The summed E-state index contributed by atoms with van der Waals surface area (Å²) in [6, 6.07) is 8.58. The molecule has 1 atom stereocenters. The Morgan fingerprint density at radius 1 is 1.32 bits per heavy atom. The molecule has 2 amide bonds. The van der Waals surface area contributed by atoms with E-state index in [0.29, 0.717) is 16.3 Å². The molecule has 1 aliphatic rings. The first-order chi connectivity index (χ1) is 12.0. The first kappa shape index (κ1) is 17.2. The van der Waals surface area contributed by atoms with Crippen molar-refractivity contribution in [1.82, 2.24) is 0 Å². The zero-order valence-corrected chi connectivity index (χ0v) is 14.8. The fraction of sp³-hybridized carbons (Fsp3) is 0.278. The Morgan fingerprint density at radius 2 is 2.08 bits per heavy atom. The van der Waals surface area contributed by atoms with E-state index in [1.165, 1.54) is 16.2 Å². The molecule has 0 saturated heterocycles. The molecule has 2 aromatic rings. The molecule has 0 bridgehead atoms. The Kier molecular flexibility index (Phi) is 4.85. The van der Waals surface area contributed by atoms with Crippen molar-refractivity contribution in [2.45, 2.75) is 26.3 Å². The molecule has 1 aliphatic heterocycles. The molecule has 1 aromatic heterocycles. The van der Waals surface area contributed by atoms with Gasteiger partial charge in [-0.1, -0.05) is 12.1 Å². The summed E-state index contributed by atoms with van der Waals surface area (Å²) in [6.07, 6.45) is 0.179. The number of rotatable bonds is 3. The van der Waals surface area contributed by atoms with Crippen LogP contribution >= 0.6 is 11.3 Å². The minimum Gasteiger partial charge on any atom is -0.451 e. The first-order valence-electron chi connectivity index (χ1n) is 7.89. The smallest absolute Gasteiger partial charge is 0.349 e. The molecule has 0 fully saturated rings. The molecule has 0 spiro atoms. The van der Waals surface area contributed by atoms with E-state index in [1.54, 1.807) is 36.6 Å². The molecular weight excluding hydrogens is 340 g/mol. The number of thiophene rings is 1. The van der Waals surface area contributed by atoms with Gasteiger partial charge in [-0.2, -0.15) is 0 Å². The zero-order chi connectivity index (χ0) is 18.0. The van der Waals surface area contributed by atoms with Gasteiger partial charge in [-0.3, -0.25) is 9.59 Å². The topological polar surface area (TPSA) is 75.7 Å². The van der Waals surface area contributed by atoms with Crippen molar-refractivity contribution in [3.8, 4) is 0 Å². The summed E-state index contributed by atoms with van der Waals surface area (Å²) in [6.45, 7) is 3.24. The molecule has 1 aromatic carbocycles. The minimum absolute atomic E-state index is 0.151. The van der Waals surface area contributed by atoms with Crippen LogP contribution in [0.3, 0.4) is 0 Å². The summed E-state index contributed by atoms with van der Waals surface area (Å²) in [5.41, 5.74) is 2.01. The minimum atomic E-state index is -0.509. The largest absolute Gasteiger partial charge is 0.451 e. The van der Waals surface area contributed by atoms with E-state index in [0.717, 1.165) is 5.56 Å². The fourth-order valence-electron chi connectivity index (χ4n) is 2.81. The third kappa shape index (κ3) is 3.56. The SMILES string of the molecule is Cc1ccsc1C(=O)OCC(=O)N1c2ccccc2NC(=O)C[C@H]1C. The lowest BCUT2D eigenvalue weighted by atomic mass is 10.1. The van der Waals surface area contributed by atoms with Crippen molar-refractivity contribution >= 4 is 40.5 Å². The number of ether oxygens (including phenoxy) is 1. The zero-order valence-electron chi connectivity index (χ0n) is 13.9. The predicted molar refractivity (Wildman–Crippen MR) is 96.0 cm³/mol. The van der Waals surface area contributed by atoms with Crippen molar-refractivity contribution in [3.63, 3.8) is 0 Å². The number of aryl methyl sites for hydroxylation is 1. The summed E-state index contributed by atoms with van der Waals surface area (Å²) >= 11 is 1.28. The van der Waals surface area contributed by atoms with E-state index >= 15 is 0 Å². The molecule has 0 radical (unpaired) electrons. The third-order valence-corrected chi connectivity index (χ3v) is 5.00. The summed E-state index contributed by atoms with van der Waals surface area (Å²) in [4.78, 5) is 38.8. The monoisotopic (exact) mass is 358 g/mol. The van der Waals surface area contributed by atoms with Crippen LogP contribution in [0.25, 0.3) is 0 Å². The van der Waals surface area contributed by atoms with Crippen LogP contribution in [0.2, 0.25) is 0 Å². The number of carbonyl (C=O) groups is 3. The lowest BCUT2D eigenvalue weighted by molar-refractivity contribution is -0.122. The van der Waals surface area contributed by atoms with Crippen molar-refractivity contribution in [2.75, 3.05) is 16.8 Å². The van der Waals surface area contributed by atoms with Gasteiger partial charge in [-0.15, -0.1) is 11.3 Å². The van der Waals surface area contributed by atoms with Gasteiger partial charge in [0, 0.05) is 12.5 Å². The Hall–Kier alpha value is -2.67. The lowest BCUT2D eigenvalue weighted by Crippen LogP contribution is -2.41. The standard InChI is InChI=1S/C18H18N2O4S/c1-11-7-8-25-17(11)18(23)24-10-16(22)20-12(2)9-15(21)19-13-5-3-4-6-14(13)20/h3-8,12H,9-10H2,1-2H3,(H,19,21)/t12-/m1/s1. The van der Waals surface area contributed by atoms with E-state index in [-0.39, 0.29) is 30.9 Å². The number of nitrogens with one attached hydrogen (secondary N) is 1. The number of carbonyl (C=O) groups excluding carboxylic acids is 3.